The monoisotopic (exact) mass is 384 g/mol. The zero-order valence-electron chi connectivity index (χ0n) is 16.2. The first-order valence-electron chi connectivity index (χ1n) is 9.42. The lowest BCUT2D eigenvalue weighted by atomic mass is 9.92. The van der Waals surface area contributed by atoms with Gasteiger partial charge in [0.2, 0.25) is 0 Å². The van der Waals surface area contributed by atoms with Crippen molar-refractivity contribution in [2.75, 3.05) is 30.4 Å². The van der Waals surface area contributed by atoms with Crippen molar-refractivity contribution in [1.29, 1.82) is 0 Å². The van der Waals surface area contributed by atoms with Gasteiger partial charge in [-0.1, -0.05) is 26.0 Å². The molecule has 0 aliphatic carbocycles. The topological polar surface area (TPSA) is 49.4 Å². The fourth-order valence-electron chi connectivity index (χ4n) is 3.60. The van der Waals surface area contributed by atoms with Gasteiger partial charge in [0.05, 0.1) is 19.0 Å². The first-order valence-corrected chi connectivity index (χ1v) is 9.83. The average Bonchev–Trinajstić information content (AvgIpc) is 2.66. The second-order valence-corrected chi connectivity index (χ2v) is 7.82. The smallest absolute Gasteiger partial charge is 0.171 e. The van der Waals surface area contributed by atoms with E-state index in [4.69, 9.17) is 17.0 Å². The number of benzene rings is 1. The van der Waals surface area contributed by atoms with Crippen molar-refractivity contribution in [1.82, 2.24) is 10.3 Å². The molecule has 0 bridgehead atoms. The molecular weight excluding hydrogens is 356 g/mol. The minimum absolute atomic E-state index is 0.584. The third kappa shape index (κ3) is 5.57. The van der Waals surface area contributed by atoms with Crippen molar-refractivity contribution in [3.63, 3.8) is 0 Å². The van der Waals surface area contributed by atoms with E-state index in [2.05, 4.69) is 40.4 Å². The Kier molecular flexibility index (Phi) is 6.50. The van der Waals surface area contributed by atoms with Gasteiger partial charge in [-0.2, -0.15) is 0 Å². The van der Waals surface area contributed by atoms with Crippen LogP contribution in [0.1, 0.15) is 25.8 Å². The van der Waals surface area contributed by atoms with Gasteiger partial charge in [-0.15, -0.1) is 0 Å². The van der Waals surface area contributed by atoms with Crippen molar-refractivity contribution in [3.8, 4) is 5.75 Å². The lowest BCUT2D eigenvalue weighted by molar-refractivity contribution is 0.355. The lowest BCUT2D eigenvalue weighted by Crippen LogP contribution is -2.39. The van der Waals surface area contributed by atoms with E-state index in [1.165, 1.54) is 6.42 Å². The number of ether oxygens (including phenoxy) is 1. The second-order valence-electron chi connectivity index (χ2n) is 7.41. The molecule has 1 saturated heterocycles. The van der Waals surface area contributed by atoms with Gasteiger partial charge in [-0.25, -0.2) is 4.98 Å². The van der Waals surface area contributed by atoms with Gasteiger partial charge in [-0.3, -0.25) is 0 Å². The van der Waals surface area contributed by atoms with Gasteiger partial charge >= 0.3 is 0 Å². The molecule has 1 aromatic heterocycles. The maximum atomic E-state index is 5.39. The number of hydrogen-bond donors (Lipinski definition) is 2. The number of anilines is 2. The largest absolute Gasteiger partial charge is 0.497 e. The van der Waals surface area contributed by atoms with Crippen LogP contribution in [0.5, 0.6) is 5.75 Å². The highest BCUT2D eigenvalue weighted by Gasteiger charge is 2.22. The van der Waals surface area contributed by atoms with Crippen LogP contribution in [0.4, 0.5) is 11.5 Å². The number of methoxy groups -OCH3 is 1. The van der Waals surface area contributed by atoms with E-state index in [0.717, 1.165) is 35.9 Å². The number of thiocarbonyl (C=S) groups is 1. The highest BCUT2D eigenvalue weighted by Crippen LogP contribution is 2.25. The SMILES string of the molecule is COc1ccc(CNC(=S)Nc2ccc(N3C[C@@H](C)C[C@H](C)C3)nc2)cc1. The summed E-state index contributed by atoms with van der Waals surface area (Å²) in [5, 5.41) is 7.00. The molecular formula is C21H28N4OS. The summed E-state index contributed by atoms with van der Waals surface area (Å²) in [5.74, 6) is 3.31. The fourth-order valence-corrected chi connectivity index (χ4v) is 3.79. The number of rotatable bonds is 5. The van der Waals surface area contributed by atoms with E-state index in [0.29, 0.717) is 23.5 Å². The fraction of sp³-hybridized carbons (Fsp3) is 0.429. The molecule has 0 amide bonds. The van der Waals surface area contributed by atoms with Crippen LogP contribution in [0, 0.1) is 11.8 Å². The van der Waals surface area contributed by atoms with Gasteiger partial charge in [0.25, 0.3) is 0 Å². The molecule has 144 valence electrons. The molecule has 1 fully saturated rings. The normalized spacial score (nSPS) is 19.4. The number of piperidine rings is 1. The molecule has 2 N–H and O–H groups in total. The van der Waals surface area contributed by atoms with Crippen LogP contribution in [0.2, 0.25) is 0 Å². The van der Waals surface area contributed by atoms with E-state index in [9.17, 15) is 0 Å². The van der Waals surface area contributed by atoms with Crippen molar-refractivity contribution < 1.29 is 4.74 Å². The molecule has 1 aromatic carbocycles. The van der Waals surface area contributed by atoms with E-state index in [1.807, 2.05) is 36.5 Å². The number of pyridine rings is 1. The summed E-state index contributed by atoms with van der Waals surface area (Å²) in [6.45, 7) is 7.43. The molecule has 1 aliphatic heterocycles. The Bertz CT molecular complexity index is 738. The Morgan fingerprint density at radius 1 is 1.15 bits per heavy atom. The van der Waals surface area contributed by atoms with E-state index in [-0.39, 0.29) is 0 Å². The Labute approximate surface area is 167 Å². The number of hydrogen-bond acceptors (Lipinski definition) is 4. The van der Waals surface area contributed by atoms with Crippen molar-refractivity contribution in [2.24, 2.45) is 11.8 Å². The summed E-state index contributed by atoms with van der Waals surface area (Å²) in [4.78, 5) is 7.00. The van der Waals surface area contributed by atoms with Crippen LogP contribution in [0.3, 0.4) is 0 Å². The van der Waals surface area contributed by atoms with Crippen LogP contribution in [-0.4, -0.2) is 30.3 Å². The van der Waals surface area contributed by atoms with Gasteiger partial charge in [-0.05, 0) is 60.3 Å². The third-order valence-electron chi connectivity index (χ3n) is 4.81. The molecule has 1 aliphatic rings. The zero-order valence-corrected chi connectivity index (χ0v) is 17.1. The molecule has 2 aromatic rings. The third-order valence-corrected chi connectivity index (χ3v) is 5.06. The summed E-state index contributed by atoms with van der Waals surface area (Å²) in [5.41, 5.74) is 2.03. The highest BCUT2D eigenvalue weighted by atomic mass is 32.1. The first-order chi connectivity index (χ1) is 13.0. The summed E-state index contributed by atoms with van der Waals surface area (Å²) in [6.07, 6.45) is 3.14. The standard InChI is InChI=1S/C21H28N4OS/c1-15-10-16(2)14-25(13-15)20-9-6-18(12-22-20)24-21(27)23-11-17-4-7-19(26-3)8-5-17/h4-9,12,15-16H,10-11,13-14H2,1-3H3,(H2,23,24,27)/t15-,16-/m0/s1. The van der Waals surface area contributed by atoms with Crippen LogP contribution < -0.4 is 20.3 Å². The van der Waals surface area contributed by atoms with Crippen LogP contribution in [0.25, 0.3) is 0 Å². The summed E-state index contributed by atoms with van der Waals surface area (Å²) in [6, 6.07) is 12.0. The summed E-state index contributed by atoms with van der Waals surface area (Å²) < 4.78 is 5.17. The highest BCUT2D eigenvalue weighted by molar-refractivity contribution is 7.80. The molecule has 0 saturated carbocycles. The zero-order chi connectivity index (χ0) is 19.2. The van der Waals surface area contributed by atoms with Gasteiger partial charge in [0.1, 0.15) is 11.6 Å². The predicted molar refractivity (Wildman–Crippen MR) is 115 cm³/mol. The molecule has 5 nitrogen and oxygen atoms in total. The lowest BCUT2D eigenvalue weighted by Gasteiger charge is -2.35. The molecule has 0 radical (unpaired) electrons. The Hall–Kier alpha value is -2.34. The van der Waals surface area contributed by atoms with Crippen LogP contribution >= 0.6 is 12.2 Å². The first kappa shape index (κ1) is 19.4. The molecule has 3 rings (SSSR count). The molecule has 27 heavy (non-hydrogen) atoms. The second kappa shape index (κ2) is 9.04. The predicted octanol–water partition coefficient (Wildman–Crippen LogP) is 4.06. The molecule has 2 heterocycles. The molecule has 6 heteroatoms. The van der Waals surface area contributed by atoms with Gasteiger partial charge in [0.15, 0.2) is 5.11 Å². The molecule has 2 atom stereocenters. The summed E-state index contributed by atoms with van der Waals surface area (Å²) >= 11 is 5.39. The quantitative estimate of drug-likeness (QED) is 0.758. The van der Waals surface area contributed by atoms with E-state index >= 15 is 0 Å². The molecule has 0 unspecified atom stereocenters. The maximum Gasteiger partial charge on any atom is 0.171 e. The minimum atomic E-state index is 0.584. The van der Waals surface area contributed by atoms with Gasteiger partial charge in [0, 0.05) is 19.6 Å². The summed E-state index contributed by atoms with van der Waals surface area (Å²) in [7, 11) is 1.66. The van der Waals surface area contributed by atoms with Crippen LogP contribution in [-0.2, 0) is 6.54 Å². The molecule has 0 spiro atoms. The number of nitrogens with zero attached hydrogens (tertiary/aromatic N) is 2. The van der Waals surface area contributed by atoms with Crippen molar-refractivity contribution >= 4 is 28.8 Å². The van der Waals surface area contributed by atoms with E-state index in [1.54, 1.807) is 7.11 Å². The maximum absolute atomic E-state index is 5.39. The van der Waals surface area contributed by atoms with Crippen molar-refractivity contribution in [3.05, 3.63) is 48.2 Å². The van der Waals surface area contributed by atoms with E-state index < -0.39 is 0 Å². The number of aromatic nitrogens is 1. The Morgan fingerprint density at radius 2 is 1.85 bits per heavy atom. The van der Waals surface area contributed by atoms with Crippen molar-refractivity contribution in [2.45, 2.75) is 26.8 Å². The Balaban J connectivity index is 1.50. The Morgan fingerprint density at radius 3 is 2.44 bits per heavy atom. The van der Waals surface area contributed by atoms with Gasteiger partial charge < -0.3 is 20.3 Å². The number of nitrogens with one attached hydrogen (secondary N) is 2. The average molecular weight is 385 g/mol. The minimum Gasteiger partial charge on any atom is -0.497 e. The van der Waals surface area contributed by atoms with Crippen LogP contribution in [0.15, 0.2) is 42.6 Å².